The van der Waals surface area contributed by atoms with Gasteiger partial charge in [-0.05, 0) is 13.3 Å². The van der Waals surface area contributed by atoms with Crippen molar-refractivity contribution in [3.8, 4) is 0 Å². The molecule has 5 nitrogen and oxygen atoms in total. The van der Waals surface area contributed by atoms with Gasteiger partial charge in [-0.15, -0.1) is 0 Å². The van der Waals surface area contributed by atoms with E-state index in [0.29, 0.717) is 12.8 Å². The van der Waals surface area contributed by atoms with Crippen LogP contribution in [0.25, 0.3) is 0 Å². The van der Waals surface area contributed by atoms with E-state index in [4.69, 9.17) is 0 Å². The molecule has 1 saturated heterocycles. The summed E-state index contributed by atoms with van der Waals surface area (Å²) < 4.78 is 4.66. The highest BCUT2D eigenvalue weighted by atomic mass is 16.6. The molecule has 0 radical (unpaired) electrons. The van der Waals surface area contributed by atoms with Gasteiger partial charge in [-0.25, -0.2) is 4.79 Å². The summed E-state index contributed by atoms with van der Waals surface area (Å²) in [5.74, 6) is 0. The maximum atomic E-state index is 10.9. The van der Waals surface area contributed by atoms with E-state index in [9.17, 15) is 15.0 Å². The van der Waals surface area contributed by atoms with Gasteiger partial charge in [0.1, 0.15) is 6.10 Å². The molecule has 0 bridgehead atoms. The summed E-state index contributed by atoms with van der Waals surface area (Å²) in [6.45, 7) is 3.62. The lowest BCUT2D eigenvalue weighted by molar-refractivity contribution is -0.0859. The van der Waals surface area contributed by atoms with Crippen LogP contribution in [0.1, 0.15) is 26.7 Å². The lowest BCUT2D eigenvalue weighted by atomic mass is 9.89. The number of carbonyl (C=O) groups is 1. The first-order valence-corrected chi connectivity index (χ1v) is 4.81. The van der Waals surface area contributed by atoms with Gasteiger partial charge in [-0.3, -0.25) is 0 Å². The summed E-state index contributed by atoms with van der Waals surface area (Å²) in [5.41, 5.74) is -1.17. The molecular formula is C9H17NO4. The first-order chi connectivity index (χ1) is 6.47. The molecular weight excluding hydrogens is 186 g/mol. The number of carbonyl (C=O) groups excluding carboxylic acids is 1. The third-order valence-electron chi connectivity index (χ3n) is 2.70. The van der Waals surface area contributed by atoms with Crippen molar-refractivity contribution in [2.24, 2.45) is 0 Å². The highest BCUT2D eigenvalue weighted by Gasteiger charge is 2.37. The number of aliphatic hydroxyl groups is 2. The molecule has 0 unspecified atom stereocenters. The van der Waals surface area contributed by atoms with Crippen LogP contribution in [0.2, 0.25) is 0 Å². The quantitative estimate of drug-likeness (QED) is 0.603. The summed E-state index contributed by atoms with van der Waals surface area (Å²) in [6.07, 6.45) is -0.544. The number of hydrogen-bond acceptors (Lipinski definition) is 4. The smallest absolute Gasteiger partial charge is 0.407 e. The first-order valence-electron chi connectivity index (χ1n) is 4.81. The number of hydrogen-bond donors (Lipinski definition) is 3. The predicted octanol–water partition coefficient (Wildman–Crippen LogP) is 0.00680. The number of nitrogens with one attached hydrogen (secondary N) is 1. The standard InChI is InChI=1S/C9H17NO4/c1-3-9(2,13)7(11)6-4-5-14-8(12)10-6/h6-7,11,13H,3-5H2,1-2H3,(H,10,12)/t6-,7-,9-/m0/s1. The fourth-order valence-corrected chi connectivity index (χ4v) is 1.42. The van der Waals surface area contributed by atoms with Crippen LogP contribution in [0.4, 0.5) is 4.79 Å². The van der Waals surface area contributed by atoms with E-state index in [-0.39, 0.29) is 6.61 Å². The fourth-order valence-electron chi connectivity index (χ4n) is 1.42. The fraction of sp³-hybridized carbons (Fsp3) is 0.889. The van der Waals surface area contributed by atoms with E-state index in [0.717, 1.165) is 0 Å². The highest BCUT2D eigenvalue weighted by molar-refractivity contribution is 5.68. The molecule has 0 aromatic heterocycles. The maximum absolute atomic E-state index is 10.9. The molecule has 5 heteroatoms. The average molecular weight is 203 g/mol. The summed E-state index contributed by atoms with van der Waals surface area (Å²) >= 11 is 0. The lowest BCUT2D eigenvalue weighted by Gasteiger charge is -2.35. The van der Waals surface area contributed by atoms with E-state index in [2.05, 4.69) is 10.1 Å². The molecule has 1 rings (SSSR count). The van der Waals surface area contributed by atoms with Crippen molar-refractivity contribution in [3.05, 3.63) is 0 Å². The number of aliphatic hydroxyl groups excluding tert-OH is 1. The van der Waals surface area contributed by atoms with Crippen LogP contribution in [-0.4, -0.2) is 40.7 Å². The normalized spacial score (nSPS) is 28.6. The van der Waals surface area contributed by atoms with E-state index >= 15 is 0 Å². The Balaban J connectivity index is 2.59. The summed E-state index contributed by atoms with van der Waals surface area (Å²) in [5, 5.41) is 22.1. The van der Waals surface area contributed by atoms with Crippen molar-refractivity contribution in [3.63, 3.8) is 0 Å². The van der Waals surface area contributed by atoms with E-state index < -0.39 is 23.8 Å². The highest BCUT2D eigenvalue weighted by Crippen LogP contribution is 2.20. The first kappa shape index (κ1) is 11.3. The summed E-state index contributed by atoms with van der Waals surface area (Å²) in [4.78, 5) is 10.9. The van der Waals surface area contributed by atoms with Gasteiger partial charge in [-0.2, -0.15) is 0 Å². The topological polar surface area (TPSA) is 78.8 Å². The van der Waals surface area contributed by atoms with Crippen LogP contribution in [0, 0.1) is 0 Å². The van der Waals surface area contributed by atoms with Gasteiger partial charge >= 0.3 is 6.09 Å². The van der Waals surface area contributed by atoms with Crippen LogP contribution in [0.5, 0.6) is 0 Å². The zero-order valence-corrected chi connectivity index (χ0v) is 8.49. The summed E-state index contributed by atoms with van der Waals surface area (Å²) in [7, 11) is 0. The molecule has 1 aliphatic heterocycles. The SMILES string of the molecule is CC[C@](C)(O)[C@@H](O)[C@@H]1CCOC(=O)N1. The Labute approximate surface area is 83.1 Å². The summed E-state index contributed by atoms with van der Waals surface area (Å²) in [6, 6.07) is -0.425. The molecule has 1 fully saturated rings. The minimum atomic E-state index is -1.17. The molecule has 0 aromatic carbocycles. The average Bonchev–Trinajstić information content (AvgIpc) is 2.16. The molecule has 3 atom stereocenters. The molecule has 0 spiro atoms. The molecule has 0 saturated carbocycles. The van der Waals surface area contributed by atoms with Crippen molar-refractivity contribution in [2.75, 3.05) is 6.61 Å². The van der Waals surface area contributed by atoms with Crippen molar-refractivity contribution in [1.29, 1.82) is 0 Å². The van der Waals surface area contributed by atoms with Crippen LogP contribution in [0.3, 0.4) is 0 Å². The molecule has 0 aromatic rings. The van der Waals surface area contributed by atoms with E-state index in [1.165, 1.54) is 0 Å². The second-order valence-corrected chi connectivity index (χ2v) is 3.83. The minimum Gasteiger partial charge on any atom is -0.449 e. The predicted molar refractivity (Wildman–Crippen MR) is 49.8 cm³/mol. The monoisotopic (exact) mass is 203 g/mol. The van der Waals surface area contributed by atoms with Gasteiger partial charge in [0.25, 0.3) is 0 Å². The molecule has 82 valence electrons. The Hall–Kier alpha value is -0.810. The van der Waals surface area contributed by atoms with E-state index in [1.807, 2.05) is 0 Å². The maximum Gasteiger partial charge on any atom is 0.407 e. The molecule has 0 aliphatic carbocycles. The Kier molecular flexibility index (Phi) is 3.34. The van der Waals surface area contributed by atoms with Gasteiger partial charge in [0.15, 0.2) is 0 Å². The van der Waals surface area contributed by atoms with Crippen molar-refractivity contribution in [1.82, 2.24) is 5.32 Å². The number of rotatable bonds is 3. The third kappa shape index (κ3) is 2.36. The van der Waals surface area contributed by atoms with Gasteiger partial charge < -0.3 is 20.3 Å². The number of alkyl carbamates (subject to hydrolysis) is 1. The number of cyclic esters (lactones) is 1. The Morgan fingerprint density at radius 1 is 1.79 bits per heavy atom. The van der Waals surface area contributed by atoms with Gasteiger partial charge in [0, 0.05) is 6.42 Å². The Morgan fingerprint density at radius 2 is 2.43 bits per heavy atom. The molecule has 1 amide bonds. The second-order valence-electron chi connectivity index (χ2n) is 3.83. The number of ether oxygens (including phenoxy) is 1. The molecule has 1 aliphatic rings. The molecule has 1 heterocycles. The van der Waals surface area contributed by atoms with Crippen LogP contribution < -0.4 is 5.32 Å². The van der Waals surface area contributed by atoms with Gasteiger partial charge in [0.2, 0.25) is 0 Å². The van der Waals surface area contributed by atoms with E-state index in [1.54, 1.807) is 13.8 Å². The van der Waals surface area contributed by atoms with Gasteiger partial charge in [0.05, 0.1) is 18.2 Å². The van der Waals surface area contributed by atoms with Crippen molar-refractivity contribution in [2.45, 2.75) is 44.4 Å². The number of amides is 1. The van der Waals surface area contributed by atoms with Crippen LogP contribution >= 0.6 is 0 Å². The second kappa shape index (κ2) is 4.14. The largest absolute Gasteiger partial charge is 0.449 e. The lowest BCUT2D eigenvalue weighted by Crippen LogP contribution is -2.56. The van der Waals surface area contributed by atoms with Crippen molar-refractivity contribution >= 4 is 6.09 Å². The third-order valence-corrected chi connectivity index (χ3v) is 2.70. The van der Waals surface area contributed by atoms with Crippen molar-refractivity contribution < 1.29 is 19.7 Å². The van der Waals surface area contributed by atoms with Crippen LogP contribution in [0.15, 0.2) is 0 Å². The zero-order chi connectivity index (χ0) is 10.8. The molecule has 3 N–H and O–H groups in total. The van der Waals surface area contributed by atoms with Gasteiger partial charge in [-0.1, -0.05) is 6.92 Å². The molecule has 14 heavy (non-hydrogen) atoms. The zero-order valence-electron chi connectivity index (χ0n) is 8.49. The Morgan fingerprint density at radius 3 is 2.93 bits per heavy atom. The van der Waals surface area contributed by atoms with Crippen LogP contribution in [-0.2, 0) is 4.74 Å². The minimum absolute atomic E-state index is 0.285. The Bertz CT molecular complexity index is 217.